The third-order valence-corrected chi connectivity index (χ3v) is 7.32. The third kappa shape index (κ3) is 9.96. The van der Waals surface area contributed by atoms with E-state index in [9.17, 15) is 14.4 Å². The number of aliphatic carboxylic acids is 1. The molecule has 1 atom stereocenters. The van der Waals surface area contributed by atoms with Crippen molar-refractivity contribution in [2.45, 2.75) is 63.9 Å². The van der Waals surface area contributed by atoms with Gasteiger partial charge in [-0.15, -0.1) is 0 Å². The van der Waals surface area contributed by atoms with Crippen molar-refractivity contribution < 1.29 is 29.0 Å². The summed E-state index contributed by atoms with van der Waals surface area (Å²) in [4.78, 5) is 35.1. The Morgan fingerprint density at radius 2 is 1.33 bits per heavy atom. The van der Waals surface area contributed by atoms with Gasteiger partial charge in [0.15, 0.2) is 0 Å². The Balaban J connectivity index is 1.77. The number of rotatable bonds is 19. The standard InChI is InChI=1S/C35H44N2O6/c1-3-4-24-37-34(41)27-14-16-29(17-15-27)35(28-12-8-7-9-13-28,30-18-20-31(42-2)21-19-30)43-26-11-6-5-10-25-36-32(38)22-23-33(39)40/h7-9,12-21H,3-6,10-11,22-26H2,1-2H3,(H,36,38)(H,37,41)(H,39,40). The van der Waals surface area contributed by atoms with Gasteiger partial charge < -0.3 is 25.2 Å². The van der Waals surface area contributed by atoms with Gasteiger partial charge in [-0.2, -0.15) is 0 Å². The van der Waals surface area contributed by atoms with Gasteiger partial charge in [-0.3, -0.25) is 14.4 Å². The number of methoxy groups -OCH3 is 1. The molecule has 0 aliphatic carbocycles. The number of carbonyl (C=O) groups is 3. The first-order chi connectivity index (χ1) is 20.9. The third-order valence-electron chi connectivity index (χ3n) is 7.32. The molecule has 230 valence electrons. The topological polar surface area (TPSA) is 114 Å². The molecule has 3 aromatic rings. The summed E-state index contributed by atoms with van der Waals surface area (Å²) in [5, 5.41) is 14.5. The van der Waals surface area contributed by atoms with E-state index in [2.05, 4.69) is 29.7 Å². The summed E-state index contributed by atoms with van der Waals surface area (Å²) in [5.41, 5.74) is 2.53. The molecule has 0 heterocycles. The molecule has 0 aliphatic heterocycles. The number of hydrogen-bond acceptors (Lipinski definition) is 5. The second-order valence-corrected chi connectivity index (χ2v) is 10.5. The van der Waals surface area contributed by atoms with Crippen molar-refractivity contribution in [3.8, 4) is 5.75 Å². The molecule has 43 heavy (non-hydrogen) atoms. The summed E-state index contributed by atoms with van der Waals surface area (Å²) in [6, 6.07) is 25.6. The Morgan fingerprint density at radius 1 is 0.721 bits per heavy atom. The summed E-state index contributed by atoms with van der Waals surface area (Å²) in [7, 11) is 1.64. The quantitative estimate of drug-likeness (QED) is 0.116. The van der Waals surface area contributed by atoms with Crippen LogP contribution in [0.5, 0.6) is 5.75 Å². The predicted molar refractivity (Wildman–Crippen MR) is 167 cm³/mol. The number of carboxylic acid groups (broad SMARTS) is 1. The SMILES string of the molecule is CCCCNC(=O)c1ccc(C(OCCCCCCNC(=O)CCC(=O)O)(c2ccccc2)c2ccc(OC)cc2)cc1. The molecule has 0 saturated heterocycles. The lowest BCUT2D eigenvalue weighted by molar-refractivity contribution is -0.138. The summed E-state index contributed by atoms with van der Waals surface area (Å²) >= 11 is 0. The van der Waals surface area contributed by atoms with Crippen LogP contribution in [0.3, 0.4) is 0 Å². The number of unbranched alkanes of at least 4 members (excludes halogenated alkanes) is 4. The first-order valence-electron chi connectivity index (χ1n) is 15.1. The highest BCUT2D eigenvalue weighted by atomic mass is 16.5. The average Bonchev–Trinajstić information content (AvgIpc) is 3.04. The lowest BCUT2D eigenvalue weighted by Gasteiger charge is -2.36. The minimum Gasteiger partial charge on any atom is -0.497 e. The van der Waals surface area contributed by atoms with Gasteiger partial charge in [-0.05, 0) is 60.2 Å². The molecule has 8 nitrogen and oxygen atoms in total. The van der Waals surface area contributed by atoms with E-state index in [1.54, 1.807) is 7.11 Å². The molecule has 0 fully saturated rings. The molecule has 0 saturated carbocycles. The minimum absolute atomic E-state index is 0.000606. The van der Waals surface area contributed by atoms with Gasteiger partial charge >= 0.3 is 5.97 Å². The fraction of sp³-hybridized carbons (Fsp3) is 0.400. The van der Waals surface area contributed by atoms with Crippen LogP contribution in [0, 0.1) is 0 Å². The van der Waals surface area contributed by atoms with Crippen molar-refractivity contribution in [1.82, 2.24) is 10.6 Å². The lowest BCUT2D eigenvalue weighted by atomic mass is 9.79. The molecule has 1 unspecified atom stereocenters. The maximum atomic E-state index is 12.7. The average molecular weight is 589 g/mol. The maximum absolute atomic E-state index is 12.7. The Labute approximate surface area is 254 Å². The van der Waals surface area contributed by atoms with E-state index in [-0.39, 0.29) is 24.7 Å². The summed E-state index contributed by atoms with van der Waals surface area (Å²) < 4.78 is 12.3. The van der Waals surface area contributed by atoms with E-state index < -0.39 is 11.6 Å². The van der Waals surface area contributed by atoms with Crippen LogP contribution in [-0.2, 0) is 19.9 Å². The minimum atomic E-state index is -0.972. The van der Waals surface area contributed by atoms with E-state index in [0.29, 0.717) is 25.3 Å². The molecule has 0 radical (unpaired) electrons. The number of benzene rings is 3. The Morgan fingerprint density at radius 3 is 1.95 bits per heavy atom. The maximum Gasteiger partial charge on any atom is 0.303 e. The van der Waals surface area contributed by atoms with Crippen molar-refractivity contribution in [3.05, 3.63) is 101 Å². The molecular formula is C35H44N2O6. The van der Waals surface area contributed by atoms with Crippen LogP contribution in [0.1, 0.15) is 85.3 Å². The van der Waals surface area contributed by atoms with Gasteiger partial charge in [-0.25, -0.2) is 0 Å². The van der Waals surface area contributed by atoms with Crippen LogP contribution in [-0.4, -0.2) is 49.7 Å². The number of carboxylic acids is 1. The highest BCUT2D eigenvalue weighted by molar-refractivity contribution is 5.94. The zero-order chi connectivity index (χ0) is 30.9. The van der Waals surface area contributed by atoms with Gasteiger partial charge in [0, 0.05) is 31.7 Å². The summed E-state index contributed by atoms with van der Waals surface area (Å²) in [6.07, 6.45) is 5.24. The largest absolute Gasteiger partial charge is 0.497 e. The zero-order valence-electron chi connectivity index (χ0n) is 25.3. The Bertz CT molecular complexity index is 1280. The lowest BCUT2D eigenvalue weighted by Crippen LogP contribution is -2.33. The van der Waals surface area contributed by atoms with Crippen LogP contribution >= 0.6 is 0 Å². The Hall–Kier alpha value is -4.17. The van der Waals surface area contributed by atoms with Crippen molar-refractivity contribution in [2.24, 2.45) is 0 Å². The summed E-state index contributed by atoms with van der Waals surface area (Å²) in [5.74, 6) is -0.545. The molecule has 0 aliphatic rings. The number of ether oxygens (including phenoxy) is 2. The number of amides is 2. The highest BCUT2D eigenvalue weighted by Crippen LogP contribution is 2.41. The Kier molecular flexibility index (Phi) is 13.7. The molecule has 3 aromatic carbocycles. The number of hydrogen-bond donors (Lipinski definition) is 3. The van der Waals surface area contributed by atoms with Gasteiger partial charge in [0.1, 0.15) is 11.4 Å². The molecule has 3 N–H and O–H groups in total. The molecule has 2 amide bonds. The van der Waals surface area contributed by atoms with Gasteiger partial charge in [0.2, 0.25) is 5.91 Å². The molecule has 0 aromatic heterocycles. The predicted octanol–water partition coefficient (Wildman–Crippen LogP) is 6.08. The fourth-order valence-corrected chi connectivity index (χ4v) is 4.93. The molecular weight excluding hydrogens is 544 g/mol. The van der Waals surface area contributed by atoms with E-state index in [4.69, 9.17) is 14.6 Å². The van der Waals surface area contributed by atoms with E-state index in [0.717, 1.165) is 61.0 Å². The normalized spacial score (nSPS) is 12.2. The van der Waals surface area contributed by atoms with Crippen LogP contribution in [0.2, 0.25) is 0 Å². The number of nitrogens with one attached hydrogen (secondary N) is 2. The van der Waals surface area contributed by atoms with Crippen molar-refractivity contribution >= 4 is 17.8 Å². The monoisotopic (exact) mass is 588 g/mol. The second-order valence-electron chi connectivity index (χ2n) is 10.5. The first kappa shape index (κ1) is 33.3. The van der Waals surface area contributed by atoms with Gasteiger partial charge in [0.25, 0.3) is 5.91 Å². The van der Waals surface area contributed by atoms with E-state index in [1.807, 2.05) is 66.7 Å². The van der Waals surface area contributed by atoms with Gasteiger partial charge in [-0.1, -0.05) is 80.8 Å². The highest BCUT2D eigenvalue weighted by Gasteiger charge is 2.37. The van der Waals surface area contributed by atoms with E-state index >= 15 is 0 Å². The zero-order valence-corrected chi connectivity index (χ0v) is 25.3. The van der Waals surface area contributed by atoms with Gasteiger partial charge in [0.05, 0.1) is 13.5 Å². The number of carbonyl (C=O) groups excluding carboxylic acids is 2. The van der Waals surface area contributed by atoms with Crippen molar-refractivity contribution in [1.29, 1.82) is 0 Å². The van der Waals surface area contributed by atoms with Crippen LogP contribution in [0.25, 0.3) is 0 Å². The fourth-order valence-electron chi connectivity index (χ4n) is 4.93. The van der Waals surface area contributed by atoms with Crippen LogP contribution < -0.4 is 15.4 Å². The van der Waals surface area contributed by atoms with E-state index in [1.165, 1.54) is 0 Å². The van der Waals surface area contributed by atoms with Crippen LogP contribution in [0.15, 0.2) is 78.9 Å². The van der Waals surface area contributed by atoms with Crippen molar-refractivity contribution in [3.63, 3.8) is 0 Å². The molecule has 0 spiro atoms. The summed E-state index contributed by atoms with van der Waals surface area (Å²) in [6.45, 7) is 3.76. The van der Waals surface area contributed by atoms with Crippen molar-refractivity contribution in [2.75, 3.05) is 26.8 Å². The molecule has 3 rings (SSSR count). The molecule has 8 heteroatoms. The second kappa shape index (κ2) is 17.7. The first-order valence-corrected chi connectivity index (χ1v) is 15.1. The molecule has 0 bridgehead atoms. The smallest absolute Gasteiger partial charge is 0.303 e. The van der Waals surface area contributed by atoms with Crippen LogP contribution in [0.4, 0.5) is 0 Å².